The van der Waals surface area contributed by atoms with Crippen LogP contribution in [0.3, 0.4) is 0 Å². The van der Waals surface area contributed by atoms with Crippen molar-refractivity contribution in [1.82, 2.24) is 9.88 Å². The number of carbonyl (C=O) groups is 2. The average Bonchev–Trinajstić information content (AvgIpc) is 3.36. The molecule has 1 saturated heterocycles. The first kappa shape index (κ1) is 23.4. The third kappa shape index (κ3) is 4.80. The molecule has 0 amide bonds. The summed E-state index contributed by atoms with van der Waals surface area (Å²) in [6.45, 7) is 1.91. The van der Waals surface area contributed by atoms with Crippen LogP contribution in [0.15, 0.2) is 18.2 Å². The number of aliphatic carboxylic acids is 1. The number of methoxy groups -OCH3 is 1. The van der Waals surface area contributed by atoms with Gasteiger partial charge in [0.05, 0.1) is 7.11 Å². The fraction of sp³-hybridized carbons (Fsp3) is 0.565. The van der Waals surface area contributed by atoms with Crippen LogP contribution in [0.2, 0.25) is 0 Å². The fourth-order valence-corrected chi connectivity index (χ4v) is 5.11. The molecule has 10 heteroatoms. The van der Waals surface area contributed by atoms with E-state index in [2.05, 4.69) is 22.0 Å². The van der Waals surface area contributed by atoms with Gasteiger partial charge in [-0.05, 0) is 62.4 Å². The van der Waals surface area contributed by atoms with Crippen molar-refractivity contribution >= 4 is 22.8 Å². The van der Waals surface area contributed by atoms with Crippen molar-refractivity contribution in [3.05, 3.63) is 29.5 Å². The monoisotopic (exact) mass is 468 g/mol. The number of benzene rings is 1. The molecule has 2 fully saturated rings. The maximum Gasteiger partial charge on any atom is 0.490 e. The van der Waals surface area contributed by atoms with E-state index in [9.17, 15) is 18.0 Å². The number of nitrogens with one attached hydrogen (secondary N) is 1. The number of hydrogen-bond acceptors (Lipinski definition) is 5. The van der Waals surface area contributed by atoms with Crippen molar-refractivity contribution in [3.8, 4) is 5.75 Å². The molecule has 2 bridgehead atoms. The Morgan fingerprint density at radius 3 is 2.48 bits per heavy atom. The van der Waals surface area contributed by atoms with E-state index in [0.29, 0.717) is 5.92 Å². The molecular formula is C23H27F3N2O5. The summed E-state index contributed by atoms with van der Waals surface area (Å²) in [6, 6.07) is 5.84. The predicted octanol–water partition coefficient (Wildman–Crippen LogP) is 4.53. The number of nitrogens with zero attached hydrogens (tertiary/aromatic N) is 1. The quantitative estimate of drug-likeness (QED) is 0.644. The summed E-state index contributed by atoms with van der Waals surface area (Å²) in [7, 11) is 1.70. The number of aromatic amines is 1. The number of rotatable bonds is 3. The van der Waals surface area contributed by atoms with Gasteiger partial charge in [-0.15, -0.1) is 0 Å². The molecule has 3 unspecified atom stereocenters. The van der Waals surface area contributed by atoms with Gasteiger partial charge >= 0.3 is 18.1 Å². The summed E-state index contributed by atoms with van der Waals surface area (Å²) < 4.78 is 43.1. The second-order valence-electron chi connectivity index (χ2n) is 8.75. The smallest absolute Gasteiger partial charge is 0.490 e. The lowest BCUT2D eigenvalue weighted by Crippen LogP contribution is -2.38. The van der Waals surface area contributed by atoms with Crippen LogP contribution >= 0.6 is 0 Å². The Labute approximate surface area is 188 Å². The fourth-order valence-electron chi connectivity index (χ4n) is 5.11. The Balaban J connectivity index is 0.000000325. The molecule has 3 atom stereocenters. The Kier molecular flexibility index (Phi) is 6.56. The highest BCUT2D eigenvalue weighted by atomic mass is 19.4. The van der Waals surface area contributed by atoms with E-state index in [1.54, 1.807) is 7.11 Å². The van der Waals surface area contributed by atoms with Crippen LogP contribution in [0.25, 0.3) is 10.9 Å². The van der Waals surface area contributed by atoms with Gasteiger partial charge in [0.25, 0.3) is 0 Å². The molecule has 1 aromatic heterocycles. The van der Waals surface area contributed by atoms with E-state index in [4.69, 9.17) is 19.4 Å². The second-order valence-corrected chi connectivity index (χ2v) is 8.75. The standard InChI is InChI=1S/C21H26N2O3.C2HF3O2/c1-25-15-7-8-17-16(11-15)18-13-9-10-23(12-13)20(19(18)22-17)21(24)26-14-5-3-2-4-6-14;3-2(4,5)1(6)7/h7-8,11,13-14,20,22H,2-6,9-10,12H2,1H3;(H,6,7). The van der Waals surface area contributed by atoms with Crippen LogP contribution in [0.1, 0.15) is 61.7 Å². The minimum absolute atomic E-state index is 0.0722. The maximum atomic E-state index is 13.1. The number of H-pyrrole nitrogens is 1. The van der Waals surface area contributed by atoms with Crippen LogP contribution in [-0.2, 0) is 14.3 Å². The number of hydrogen-bond donors (Lipinski definition) is 2. The highest BCUT2D eigenvalue weighted by Crippen LogP contribution is 2.46. The van der Waals surface area contributed by atoms with Crippen molar-refractivity contribution < 1.29 is 37.3 Å². The largest absolute Gasteiger partial charge is 0.497 e. The summed E-state index contributed by atoms with van der Waals surface area (Å²) in [5.74, 6) is -1.48. The zero-order valence-corrected chi connectivity index (χ0v) is 18.3. The SMILES string of the molecule is COc1ccc2[nH]c3c(c2c1)C1CCN(C1)C3C(=O)OC1CCCCC1.O=C(O)C(F)(F)F. The molecule has 5 rings (SSSR count). The average molecular weight is 468 g/mol. The molecule has 0 radical (unpaired) electrons. The van der Waals surface area contributed by atoms with Gasteiger partial charge < -0.3 is 19.6 Å². The Morgan fingerprint density at radius 2 is 1.85 bits per heavy atom. The highest BCUT2D eigenvalue weighted by Gasteiger charge is 2.45. The van der Waals surface area contributed by atoms with Crippen LogP contribution in [0.5, 0.6) is 5.75 Å². The molecule has 3 heterocycles. The molecule has 1 aliphatic carbocycles. The minimum Gasteiger partial charge on any atom is -0.497 e. The normalized spacial score (nSPS) is 24.5. The minimum atomic E-state index is -5.08. The molecular weight excluding hydrogens is 441 g/mol. The summed E-state index contributed by atoms with van der Waals surface area (Å²) >= 11 is 0. The van der Waals surface area contributed by atoms with E-state index in [1.807, 2.05) is 6.07 Å². The Bertz CT molecular complexity index is 1030. The first-order valence-electron chi connectivity index (χ1n) is 11.1. The van der Waals surface area contributed by atoms with E-state index < -0.39 is 12.1 Å². The van der Waals surface area contributed by atoms with E-state index >= 15 is 0 Å². The van der Waals surface area contributed by atoms with Gasteiger partial charge in [0, 0.05) is 29.1 Å². The topological polar surface area (TPSA) is 91.9 Å². The molecule has 1 aromatic carbocycles. The van der Waals surface area contributed by atoms with Crippen LogP contribution < -0.4 is 4.74 Å². The summed E-state index contributed by atoms with van der Waals surface area (Å²) in [5.41, 5.74) is 3.43. The second kappa shape index (κ2) is 9.24. The predicted molar refractivity (Wildman–Crippen MR) is 113 cm³/mol. The van der Waals surface area contributed by atoms with E-state index in [-0.39, 0.29) is 18.1 Å². The molecule has 1 saturated carbocycles. The number of aromatic nitrogens is 1. The van der Waals surface area contributed by atoms with Crippen LogP contribution in [0.4, 0.5) is 13.2 Å². The first-order valence-corrected chi connectivity index (χ1v) is 11.1. The van der Waals surface area contributed by atoms with Gasteiger partial charge in [-0.25, -0.2) is 9.59 Å². The molecule has 2 aliphatic heterocycles. The number of ether oxygens (including phenoxy) is 2. The number of carbonyl (C=O) groups excluding carboxylic acids is 1. The Hall–Kier alpha value is -2.75. The molecule has 33 heavy (non-hydrogen) atoms. The lowest BCUT2D eigenvalue weighted by atomic mass is 9.90. The molecule has 0 spiro atoms. The highest BCUT2D eigenvalue weighted by molar-refractivity contribution is 5.90. The van der Waals surface area contributed by atoms with Gasteiger partial charge in [0.15, 0.2) is 0 Å². The lowest BCUT2D eigenvalue weighted by molar-refractivity contribution is -0.192. The van der Waals surface area contributed by atoms with E-state index in [1.165, 1.54) is 30.2 Å². The molecule has 2 aromatic rings. The van der Waals surface area contributed by atoms with Gasteiger partial charge in [-0.1, -0.05) is 6.42 Å². The van der Waals surface area contributed by atoms with Gasteiger partial charge in [-0.3, -0.25) is 4.90 Å². The van der Waals surface area contributed by atoms with Crippen molar-refractivity contribution in [2.45, 2.75) is 62.8 Å². The molecule has 2 N–H and O–H groups in total. The van der Waals surface area contributed by atoms with Gasteiger partial charge in [0.1, 0.15) is 17.9 Å². The maximum absolute atomic E-state index is 13.1. The molecule has 7 nitrogen and oxygen atoms in total. The summed E-state index contributed by atoms with van der Waals surface area (Å²) in [6.07, 6.45) is 1.75. The number of alkyl halides is 3. The number of halogens is 3. The van der Waals surface area contributed by atoms with Crippen molar-refractivity contribution in [2.24, 2.45) is 0 Å². The van der Waals surface area contributed by atoms with Crippen molar-refractivity contribution in [3.63, 3.8) is 0 Å². The van der Waals surface area contributed by atoms with Crippen LogP contribution in [-0.4, -0.2) is 59.4 Å². The summed E-state index contributed by atoms with van der Waals surface area (Å²) in [4.78, 5) is 27.8. The molecule has 180 valence electrons. The number of carboxylic acids is 1. The zero-order valence-electron chi connectivity index (χ0n) is 18.3. The van der Waals surface area contributed by atoms with Crippen molar-refractivity contribution in [1.29, 1.82) is 0 Å². The molecule has 3 aliphatic rings. The number of carboxylic acid groups (broad SMARTS) is 1. The number of fused-ring (bicyclic) bond motifs is 6. The number of esters is 1. The Morgan fingerprint density at radius 1 is 1.15 bits per heavy atom. The first-order chi connectivity index (χ1) is 15.7. The third-order valence-electron chi connectivity index (χ3n) is 6.64. The summed E-state index contributed by atoms with van der Waals surface area (Å²) in [5, 5.41) is 8.32. The third-order valence-corrected chi connectivity index (χ3v) is 6.64. The van der Waals surface area contributed by atoms with Crippen LogP contribution in [0, 0.1) is 0 Å². The van der Waals surface area contributed by atoms with Gasteiger partial charge in [-0.2, -0.15) is 13.2 Å². The van der Waals surface area contributed by atoms with Crippen molar-refractivity contribution in [2.75, 3.05) is 20.2 Å². The van der Waals surface area contributed by atoms with E-state index in [0.717, 1.165) is 49.3 Å². The van der Waals surface area contributed by atoms with Gasteiger partial charge in [0.2, 0.25) is 0 Å². The lowest BCUT2D eigenvalue weighted by Gasteiger charge is -2.32. The zero-order chi connectivity index (χ0) is 23.8.